The van der Waals surface area contributed by atoms with E-state index < -0.39 is 24.8 Å². The fraction of sp³-hybridized carbons (Fsp3) is 0.519. The number of carbonyl (C=O) groups is 1. The quantitative estimate of drug-likeness (QED) is 0.545. The monoisotopic (exact) mass is 522 g/mol. The minimum atomic E-state index is -4.27. The molecule has 2 aromatic rings. The normalized spacial score (nSPS) is 25.0. The van der Waals surface area contributed by atoms with Crippen LogP contribution in [0.15, 0.2) is 54.6 Å². The third-order valence-electron chi connectivity index (χ3n) is 6.57. The van der Waals surface area contributed by atoms with E-state index in [4.69, 9.17) is 14.2 Å². The number of hydrogen-bond donors (Lipinski definition) is 2. The number of aliphatic hydroxyl groups is 1. The summed E-state index contributed by atoms with van der Waals surface area (Å²) in [6.07, 6.45) is -5.61. The van der Waals surface area contributed by atoms with Crippen LogP contribution in [0.5, 0.6) is 11.5 Å². The van der Waals surface area contributed by atoms with E-state index in [0.29, 0.717) is 25.1 Å². The van der Waals surface area contributed by atoms with Crippen LogP contribution in [-0.2, 0) is 20.8 Å². The lowest BCUT2D eigenvalue weighted by Gasteiger charge is -2.44. The van der Waals surface area contributed by atoms with E-state index in [-0.39, 0.29) is 50.8 Å². The molecule has 2 N–H and O–H groups in total. The van der Waals surface area contributed by atoms with Gasteiger partial charge in [0.1, 0.15) is 11.5 Å². The van der Waals surface area contributed by atoms with Gasteiger partial charge in [-0.2, -0.15) is 13.2 Å². The molecule has 2 saturated heterocycles. The Kier molecular flexibility index (Phi) is 9.42. The number of nitrogens with zero attached hydrogens (tertiary/aromatic N) is 1. The van der Waals surface area contributed by atoms with Crippen LogP contribution in [0.2, 0.25) is 0 Å². The fourth-order valence-corrected chi connectivity index (χ4v) is 4.75. The number of benzene rings is 2. The van der Waals surface area contributed by atoms with Gasteiger partial charge in [0.25, 0.3) is 0 Å². The van der Waals surface area contributed by atoms with Crippen molar-refractivity contribution in [3.8, 4) is 11.5 Å². The number of aliphatic hydroxyl groups excluding tert-OH is 1. The Morgan fingerprint density at radius 3 is 2.51 bits per heavy atom. The molecule has 0 aromatic heterocycles. The minimum Gasteiger partial charge on any atom is -0.457 e. The molecule has 4 rings (SSSR count). The molecular formula is C27H33F3N2O5. The summed E-state index contributed by atoms with van der Waals surface area (Å²) < 4.78 is 55.9. The Hall–Kier alpha value is -2.66. The van der Waals surface area contributed by atoms with Gasteiger partial charge in [-0.1, -0.05) is 30.3 Å². The summed E-state index contributed by atoms with van der Waals surface area (Å²) in [6, 6.07) is 16.6. The highest BCUT2D eigenvalue weighted by Gasteiger charge is 2.39. The van der Waals surface area contributed by atoms with Gasteiger partial charge in [-0.05, 0) is 42.7 Å². The van der Waals surface area contributed by atoms with Gasteiger partial charge in [0.05, 0.1) is 44.4 Å². The number of β-amino-alcohol motifs (C(OH)–C–C–N with tert-alkyl or cyclic N) is 1. The lowest BCUT2D eigenvalue weighted by molar-refractivity contribution is -0.169. The number of amides is 1. The smallest absolute Gasteiger partial charge is 0.390 e. The van der Waals surface area contributed by atoms with Gasteiger partial charge in [0.2, 0.25) is 5.91 Å². The molecule has 0 saturated carbocycles. The van der Waals surface area contributed by atoms with E-state index in [1.54, 1.807) is 4.90 Å². The first-order valence-corrected chi connectivity index (χ1v) is 12.6. The van der Waals surface area contributed by atoms with Gasteiger partial charge in [-0.25, -0.2) is 0 Å². The van der Waals surface area contributed by atoms with Gasteiger partial charge in [-0.15, -0.1) is 0 Å². The van der Waals surface area contributed by atoms with E-state index in [9.17, 15) is 23.1 Å². The van der Waals surface area contributed by atoms with Gasteiger partial charge in [0.15, 0.2) is 0 Å². The summed E-state index contributed by atoms with van der Waals surface area (Å²) in [5, 5.41) is 13.0. The first-order valence-electron chi connectivity index (χ1n) is 12.6. The number of ether oxygens (including phenoxy) is 3. The van der Waals surface area contributed by atoms with Crippen molar-refractivity contribution in [2.75, 3.05) is 26.3 Å². The van der Waals surface area contributed by atoms with Crippen molar-refractivity contribution >= 4 is 5.91 Å². The summed E-state index contributed by atoms with van der Waals surface area (Å²) >= 11 is 0. The van der Waals surface area contributed by atoms with Crippen molar-refractivity contribution in [1.29, 1.82) is 0 Å². The molecule has 0 bridgehead atoms. The van der Waals surface area contributed by atoms with Crippen molar-refractivity contribution in [2.45, 2.75) is 62.8 Å². The van der Waals surface area contributed by atoms with Gasteiger partial charge >= 0.3 is 6.18 Å². The first-order chi connectivity index (χ1) is 17.7. The predicted molar refractivity (Wildman–Crippen MR) is 130 cm³/mol. The maximum atomic E-state index is 12.8. The average Bonchev–Trinajstić information content (AvgIpc) is 2.85. The fourth-order valence-electron chi connectivity index (χ4n) is 4.75. The van der Waals surface area contributed by atoms with Gasteiger partial charge in [0, 0.05) is 25.7 Å². The van der Waals surface area contributed by atoms with Crippen molar-refractivity contribution in [2.24, 2.45) is 0 Å². The van der Waals surface area contributed by atoms with Crippen molar-refractivity contribution in [3.05, 3.63) is 60.2 Å². The number of carbonyl (C=O) groups excluding carboxylic acids is 1. The van der Waals surface area contributed by atoms with Crippen molar-refractivity contribution in [1.82, 2.24) is 10.2 Å². The number of halogens is 3. The Balaban J connectivity index is 1.25. The largest absolute Gasteiger partial charge is 0.457 e. The van der Waals surface area contributed by atoms with Crippen molar-refractivity contribution < 1.29 is 37.3 Å². The zero-order valence-electron chi connectivity index (χ0n) is 20.5. The summed E-state index contributed by atoms with van der Waals surface area (Å²) in [5.74, 6) is 1.28. The van der Waals surface area contributed by atoms with Crippen LogP contribution >= 0.6 is 0 Å². The van der Waals surface area contributed by atoms with Crippen LogP contribution in [0.1, 0.15) is 31.2 Å². The average molecular weight is 523 g/mol. The topological polar surface area (TPSA) is 80.3 Å². The molecule has 202 valence electrons. The van der Waals surface area contributed by atoms with Crippen LogP contribution in [0.3, 0.4) is 0 Å². The Labute approximate surface area is 214 Å². The molecule has 10 heteroatoms. The highest BCUT2D eigenvalue weighted by molar-refractivity contribution is 5.76. The van der Waals surface area contributed by atoms with Crippen LogP contribution in [-0.4, -0.2) is 72.7 Å². The van der Waals surface area contributed by atoms with Crippen LogP contribution in [0.4, 0.5) is 13.2 Å². The van der Waals surface area contributed by atoms with Crippen molar-refractivity contribution in [3.63, 3.8) is 0 Å². The predicted octanol–water partition coefficient (Wildman–Crippen LogP) is 4.05. The Morgan fingerprint density at radius 2 is 1.78 bits per heavy atom. The zero-order chi connectivity index (χ0) is 26.3. The van der Waals surface area contributed by atoms with Crippen LogP contribution < -0.4 is 10.1 Å². The third kappa shape index (κ3) is 8.70. The van der Waals surface area contributed by atoms with Gasteiger partial charge in [-0.3, -0.25) is 9.69 Å². The van der Waals surface area contributed by atoms with E-state index in [1.807, 2.05) is 54.6 Å². The summed E-state index contributed by atoms with van der Waals surface area (Å²) in [7, 11) is 0. The summed E-state index contributed by atoms with van der Waals surface area (Å²) in [6.45, 7) is 0.455. The highest BCUT2D eigenvalue weighted by Crippen LogP contribution is 2.29. The van der Waals surface area contributed by atoms with E-state index in [2.05, 4.69) is 5.32 Å². The molecule has 2 aromatic carbocycles. The summed E-state index contributed by atoms with van der Waals surface area (Å²) in [5.41, 5.74) is 0.922. The zero-order valence-corrected chi connectivity index (χ0v) is 20.5. The molecule has 0 unspecified atom stereocenters. The number of fused-ring (bicyclic) bond motifs is 1. The molecule has 1 amide bonds. The maximum absolute atomic E-state index is 12.8. The SMILES string of the molecule is O=C(C[C@H]1CC[C@H]2[C@@H](COC[C@H](O)CN2CCC(F)(F)F)O1)NCc1ccc(Oc2ccccc2)cc1. The van der Waals surface area contributed by atoms with E-state index in [1.165, 1.54) is 0 Å². The van der Waals surface area contributed by atoms with E-state index >= 15 is 0 Å². The van der Waals surface area contributed by atoms with E-state index in [0.717, 1.165) is 11.3 Å². The number of para-hydroxylation sites is 1. The third-order valence-corrected chi connectivity index (χ3v) is 6.57. The second kappa shape index (κ2) is 12.7. The second-order valence-corrected chi connectivity index (χ2v) is 9.53. The molecule has 2 heterocycles. The lowest BCUT2D eigenvalue weighted by atomic mass is 9.94. The lowest BCUT2D eigenvalue weighted by Crippen LogP contribution is -2.56. The van der Waals surface area contributed by atoms with Crippen LogP contribution in [0.25, 0.3) is 0 Å². The molecule has 0 spiro atoms. The summed E-state index contributed by atoms with van der Waals surface area (Å²) in [4.78, 5) is 14.2. The minimum absolute atomic E-state index is 0.0371. The molecule has 2 fully saturated rings. The number of nitrogens with one attached hydrogen (secondary N) is 1. The standard InChI is InChI=1S/C27H33F3N2O5/c28-27(29,30)12-13-32-16-20(33)17-35-18-25-24(32)11-10-23(37-25)14-26(34)31-15-19-6-8-22(9-7-19)36-21-4-2-1-3-5-21/h1-9,20,23-25,33H,10-18H2,(H,31,34)/t20-,23-,24+,25-/m1/s1. The highest BCUT2D eigenvalue weighted by atomic mass is 19.4. The number of alkyl halides is 3. The van der Waals surface area contributed by atoms with Crippen LogP contribution in [0, 0.1) is 0 Å². The number of rotatable bonds is 8. The molecule has 37 heavy (non-hydrogen) atoms. The molecule has 0 radical (unpaired) electrons. The molecule has 2 aliphatic heterocycles. The molecule has 4 atom stereocenters. The molecule has 7 nitrogen and oxygen atoms in total. The molecule has 2 aliphatic rings. The number of hydrogen-bond acceptors (Lipinski definition) is 6. The second-order valence-electron chi connectivity index (χ2n) is 9.53. The Bertz CT molecular complexity index is 990. The first kappa shape index (κ1) is 27.4. The van der Waals surface area contributed by atoms with Gasteiger partial charge < -0.3 is 24.6 Å². The molecular weight excluding hydrogens is 489 g/mol. The maximum Gasteiger partial charge on any atom is 0.390 e. The Morgan fingerprint density at radius 1 is 1.05 bits per heavy atom. The molecule has 0 aliphatic carbocycles.